The van der Waals surface area contributed by atoms with Crippen LogP contribution < -0.4 is 0 Å². The highest BCUT2D eigenvalue weighted by atomic mass is 35.5. The van der Waals surface area contributed by atoms with Crippen molar-refractivity contribution in [2.75, 3.05) is 13.7 Å². The number of nitrogens with zero attached hydrogens (tertiary/aromatic N) is 2. The number of fused-ring (bicyclic) bond motifs is 1. The van der Waals surface area contributed by atoms with Crippen LogP contribution in [0.15, 0.2) is 24.5 Å². The van der Waals surface area contributed by atoms with Crippen LogP contribution in [0.2, 0.25) is 5.02 Å². The molecule has 2 aromatic heterocycles. The van der Waals surface area contributed by atoms with E-state index in [1.165, 1.54) is 0 Å². The minimum atomic E-state index is 0.677. The highest BCUT2D eigenvalue weighted by Crippen LogP contribution is 2.16. The summed E-state index contributed by atoms with van der Waals surface area (Å²) in [4.78, 5) is 4.40. The van der Waals surface area contributed by atoms with Crippen molar-refractivity contribution in [1.82, 2.24) is 9.38 Å². The molecule has 0 unspecified atom stereocenters. The van der Waals surface area contributed by atoms with Gasteiger partial charge in [0, 0.05) is 25.9 Å². The first-order valence-corrected chi connectivity index (χ1v) is 4.80. The molecule has 0 amide bonds. The molecule has 0 bridgehead atoms. The molecule has 0 radical (unpaired) electrons. The molecule has 0 aliphatic heterocycles. The number of hydrogen-bond donors (Lipinski definition) is 0. The summed E-state index contributed by atoms with van der Waals surface area (Å²) in [6.45, 7) is 0.682. The largest absolute Gasteiger partial charge is 0.384 e. The van der Waals surface area contributed by atoms with Gasteiger partial charge in [-0.15, -0.1) is 0 Å². The quantitative estimate of drug-likeness (QED) is 0.777. The minimum Gasteiger partial charge on any atom is -0.384 e. The van der Waals surface area contributed by atoms with Gasteiger partial charge in [0.05, 0.1) is 17.3 Å². The molecule has 3 nitrogen and oxygen atoms in total. The Kier molecular flexibility index (Phi) is 2.70. The van der Waals surface area contributed by atoms with Crippen molar-refractivity contribution in [2.45, 2.75) is 6.42 Å². The molecule has 2 heterocycles. The van der Waals surface area contributed by atoms with Gasteiger partial charge in [-0.3, -0.25) is 0 Å². The van der Waals surface area contributed by atoms with E-state index in [1.807, 2.05) is 28.9 Å². The lowest BCUT2D eigenvalue weighted by molar-refractivity contribution is 0.201. The van der Waals surface area contributed by atoms with E-state index < -0.39 is 0 Å². The average Bonchev–Trinajstić information content (AvgIpc) is 2.59. The Bertz CT molecular complexity index is 439. The first kappa shape index (κ1) is 9.49. The lowest BCUT2D eigenvalue weighted by Crippen LogP contribution is -1.93. The Hall–Kier alpha value is -1.06. The van der Waals surface area contributed by atoms with Crippen molar-refractivity contribution < 1.29 is 4.74 Å². The topological polar surface area (TPSA) is 26.5 Å². The molecule has 0 aliphatic carbocycles. The SMILES string of the molecule is COCCc1cn2cccc(Cl)c2n1. The highest BCUT2D eigenvalue weighted by molar-refractivity contribution is 6.33. The van der Waals surface area contributed by atoms with Crippen LogP contribution in [0.1, 0.15) is 5.69 Å². The van der Waals surface area contributed by atoms with E-state index in [4.69, 9.17) is 16.3 Å². The van der Waals surface area contributed by atoms with Gasteiger partial charge in [0.25, 0.3) is 0 Å². The number of halogens is 1. The highest BCUT2D eigenvalue weighted by Gasteiger charge is 2.03. The van der Waals surface area contributed by atoms with E-state index in [1.54, 1.807) is 7.11 Å². The Morgan fingerprint density at radius 3 is 3.14 bits per heavy atom. The summed E-state index contributed by atoms with van der Waals surface area (Å²) in [5, 5.41) is 0.677. The second-order valence-corrected chi connectivity index (χ2v) is 3.47. The zero-order chi connectivity index (χ0) is 9.97. The van der Waals surface area contributed by atoms with Crippen molar-refractivity contribution in [3.63, 3.8) is 0 Å². The van der Waals surface area contributed by atoms with Crippen LogP contribution in [0.5, 0.6) is 0 Å². The van der Waals surface area contributed by atoms with E-state index in [2.05, 4.69) is 4.98 Å². The average molecular weight is 211 g/mol. The Balaban J connectivity index is 2.36. The van der Waals surface area contributed by atoms with Crippen molar-refractivity contribution >= 4 is 17.2 Å². The van der Waals surface area contributed by atoms with Gasteiger partial charge in [-0.2, -0.15) is 0 Å². The molecule has 0 aromatic carbocycles. The van der Waals surface area contributed by atoms with Gasteiger partial charge in [-0.25, -0.2) is 4.98 Å². The molecule has 2 rings (SSSR count). The number of rotatable bonds is 3. The molecule has 0 atom stereocenters. The predicted octanol–water partition coefficient (Wildman–Crippen LogP) is 2.18. The van der Waals surface area contributed by atoms with Crippen LogP contribution in [0.25, 0.3) is 5.65 Å². The molecule has 74 valence electrons. The monoisotopic (exact) mass is 210 g/mol. The fourth-order valence-electron chi connectivity index (χ4n) is 1.36. The van der Waals surface area contributed by atoms with Crippen LogP contribution in [0, 0.1) is 0 Å². The maximum Gasteiger partial charge on any atom is 0.155 e. The number of aromatic nitrogens is 2. The third-order valence-corrected chi connectivity index (χ3v) is 2.34. The minimum absolute atomic E-state index is 0.677. The third kappa shape index (κ3) is 1.74. The summed E-state index contributed by atoms with van der Waals surface area (Å²) < 4.78 is 6.91. The number of ether oxygens (including phenoxy) is 1. The molecule has 0 saturated heterocycles. The summed E-state index contributed by atoms with van der Waals surface area (Å²) in [5.74, 6) is 0. The Labute approximate surface area is 87.3 Å². The zero-order valence-electron chi connectivity index (χ0n) is 7.90. The van der Waals surface area contributed by atoms with Crippen LogP contribution in [0.4, 0.5) is 0 Å². The summed E-state index contributed by atoms with van der Waals surface area (Å²) in [7, 11) is 1.68. The van der Waals surface area contributed by atoms with Gasteiger partial charge < -0.3 is 9.14 Å². The fraction of sp³-hybridized carbons (Fsp3) is 0.300. The first-order valence-electron chi connectivity index (χ1n) is 4.42. The molecule has 0 fully saturated rings. The van der Waals surface area contributed by atoms with Gasteiger partial charge in [-0.1, -0.05) is 11.6 Å². The summed E-state index contributed by atoms with van der Waals surface area (Å²) in [5.41, 5.74) is 1.81. The van der Waals surface area contributed by atoms with E-state index in [0.29, 0.717) is 11.6 Å². The fourth-order valence-corrected chi connectivity index (χ4v) is 1.57. The van der Waals surface area contributed by atoms with Crippen LogP contribution in [-0.4, -0.2) is 23.1 Å². The van der Waals surface area contributed by atoms with Gasteiger partial charge in [0.15, 0.2) is 5.65 Å². The lowest BCUT2D eigenvalue weighted by atomic mass is 10.3. The zero-order valence-corrected chi connectivity index (χ0v) is 8.66. The molecule has 0 aliphatic rings. The van der Waals surface area contributed by atoms with Gasteiger partial charge in [0.1, 0.15) is 0 Å². The number of imidazole rings is 1. The van der Waals surface area contributed by atoms with Gasteiger partial charge >= 0.3 is 0 Å². The molecule has 2 aromatic rings. The van der Waals surface area contributed by atoms with Crippen molar-refractivity contribution in [3.8, 4) is 0 Å². The maximum atomic E-state index is 5.99. The second kappa shape index (κ2) is 3.98. The van der Waals surface area contributed by atoms with Crippen LogP contribution >= 0.6 is 11.6 Å². The number of hydrogen-bond acceptors (Lipinski definition) is 2. The molecule has 14 heavy (non-hydrogen) atoms. The molecule has 0 saturated carbocycles. The van der Waals surface area contributed by atoms with Gasteiger partial charge in [-0.05, 0) is 12.1 Å². The van der Waals surface area contributed by atoms with E-state index in [0.717, 1.165) is 17.8 Å². The van der Waals surface area contributed by atoms with Gasteiger partial charge in [0.2, 0.25) is 0 Å². The molecule has 4 heteroatoms. The van der Waals surface area contributed by atoms with Crippen LogP contribution in [-0.2, 0) is 11.2 Å². The Morgan fingerprint density at radius 1 is 1.57 bits per heavy atom. The number of methoxy groups -OCH3 is 1. The molecule has 0 spiro atoms. The molecular weight excluding hydrogens is 200 g/mol. The van der Waals surface area contributed by atoms with E-state index in [-0.39, 0.29) is 0 Å². The van der Waals surface area contributed by atoms with E-state index >= 15 is 0 Å². The normalized spacial score (nSPS) is 11.0. The maximum absolute atomic E-state index is 5.99. The standard InChI is InChI=1S/C10H11ClN2O/c1-14-6-4-8-7-13-5-2-3-9(11)10(13)12-8/h2-3,5,7H,4,6H2,1H3. The molecular formula is C10H11ClN2O. The summed E-state index contributed by atoms with van der Waals surface area (Å²) in [6, 6.07) is 3.74. The second-order valence-electron chi connectivity index (χ2n) is 3.06. The summed E-state index contributed by atoms with van der Waals surface area (Å²) in [6.07, 6.45) is 4.72. The Morgan fingerprint density at radius 2 is 2.43 bits per heavy atom. The van der Waals surface area contributed by atoms with Crippen molar-refractivity contribution in [3.05, 3.63) is 35.2 Å². The lowest BCUT2D eigenvalue weighted by Gasteiger charge is -1.92. The third-order valence-electron chi connectivity index (χ3n) is 2.05. The van der Waals surface area contributed by atoms with Crippen molar-refractivity contribution in [2.24, 2.45) is 0 Å². The smallest absolute Gasteiger partial charge is 0.155 e. The number of pyridine rings is 1. The first-order chi connectivity index (χ1) is 6.81. The summed E-state index contributed by atoms with van der Waals surface area (Å²) >= 11 is 5.99. The van der Waals surface area contributed by atoms with E-state index in [9.17, 15) is 0 Å². The van der Waals surface area contributed by atoms with Crippen molar-refractivity contribution in [1.29, 1.82) is 0 Å². The predicted molar refractivity (Wildman–Crippen MR) is 55.8 cm³/mol. The van der Waals surface area contributed by atoms with Crippen LogP contribution in [0.3, 0.4) is 0 Å². The molecule has 0 N–H and O–H groups in total.